The van der Waals surface area contributed by atoms with Crippen LogP contribution in [0.4, 0.5) is 4.39 Å². The van der Waals surface area contributed by atoms with Crippen LogP contribution >= 0.6 is 11.8 Å². The second-order valence-electron chi connectivity index (χ2n) is 4.74. The van der Waals surface area contributed by atoms with Gasteiger partial charge in [0, 0.05) is 5.75 Å². The predicted molar refractivity (Wildman–Crippen MR) is 76.6 cm³/mol. The van der Waals surface area contributed by atoms with E-state index in [9.17, 15) is 4.39 Å². The van der Waals surface area contributed by atoms with Crippen molar-refractivity contribution in [3.8, 4) is 0 Å². The molecule has 1 aromatic heterocycles. The second kappa shape index (κ2) is 6.85. The molecule has 0 aliphatic rings. The van der Waals surface area contributed by atoms with Gasteiger partial charge in [0.15, 0.2) is 0 Å². The van der Waals surface area contributed by atoms with Crippen LogP contribution < -0.4 is 5.73 Å². The maximum atomic E-state index is 13.1. The van der Waals surface area contributed by atoms with E-state index in [1.54, 1.807) is 6.07 Å². The molecule has 0 saturated carbocycles. The van der Waals surface area contributed by atoms with Crippen molar-refractivity contribution in [2.24, 2.45) is 11.7 Å². The van der Waals surface area contributed by atoms with Crippen LogP contribution in [0.2, 0.25) is 0 Å². The minimum absolute atomic E-state index is 0.240. The Hall–Kier alpha value is -1.40. The van der Waals surface area contributed by atoms with Crippen molar-refractivity contribution in [2.75, 3.05) is 0 Å². The van der Waals surface area contributed by atoms with Crippen molar-refractivity contribution >= 4 is 11.8 Å². The molecular formula is C14H18FN3OS. The van der Waals surface area contributed by atoms with Crippen LogP contribution in [0.25, 0.3) is 0 Å². The number of nitrogens with two attached hydrogens (primary N) is 1. The number of aromatic nitrogens is 2. The normalized spacial score (nSPS) is 14.2. The highest BCUT2D eigenvalue weighted by Crippen LogP contribution is 2.26. The number of benzene rings is 1. The van der Waals surface area contributed by atoms with Crippen LogP contribution in [-0.2, 0) is 5.75 Å². The number of rotatable bonds is 6. The molecule has 0 spiro atoms. The average molecular weight is 295 g/mol. The molecule has 0 radical (unpaired) electrons. The first kappa shape index (κ1) is 15.0. The van der Waals surface area contributed by atoms with E-state index in [1.807, 2.05) is 6.07 Å². The molecule has 1 aromatic carbocycles. The van der Waals surface area contributed by atoms with E-state index in [1.165, 1.54) is 23.9 Å². The number of nitrogens with zero attached hydrogens (tertiary/aromatic N) is 2. The van der Waals surface area contributed by atoms with Gasteiger partial charge in [0.2, 0.25) is 5.89 Å². The zero-order chi connectivity index (χ0) is 14.5. The van der Waals surface area contributed by atoms with E-state index in [0.29, 0.717) is 16.9 Å². The summed E-state index contributed by atoms with van der Waals surface area (Å²) < 4.78 is 18.6. The summed E-state index contributed by atoms with van der Waals surface area (Å²) in [6, 6.07) is 6.22. The van der Waals surface area contributed by atoms with Crippen LogP contribution in [0.15, 0.2) is 33.9 Å². The minimum Gasteiger partial charge on any atom is -0.414 e. The standard InChI is InChI=1S/C14H18FN3OS/c1-3-9(2)12(16)13-17-18-14(19-13)20-8-10-5-4-6-11(15)7-10/h4-7,9,12H,3,8,16H2,1-2H3/t9-,12+/m0/s1. The molecule has 0 unspecified atom stereocenters. The minimum atomic E-state index is -0.242. The highest BCUT2D eigenvalue weighted by Gasteiger charge is 2.19. The molecule has 2 rings (SSSR count). The topological polar surface area (TPSA) is 64.9 Å². The van der Waals surface area contributed by atoms with Gasteiger partial charge >= 0.3 is 0 Å². The maximum Gasteiger partial charge on any atom is 0.276 e. The SMILES string of the molecule is CC[C@H](C)[C@@H](N)c1nnc(SCc2cccc(F)c2)o1. The van der Waals surface area contributed by atoms with Gasteiger partial charge in [-0.2, -0.15) is 0 Å². The van der Waals surface area contributed by atoms with Crippen LogP contribution in [0.5, 0.6) is 0 Å². The van der Waals surface area contributed by atoms with E-state index in [2.05, 4.69) is 24.0 Å². The third kappa shape index (κ3) is 3.80. The molecule has 20 heavy (non-hydrogen) atoms. The van der Waals surface area contributed by atoms with Crippen molar-refractivity contribution < 1.29 is 8.81 Å². The summed E-state index contributed by atoms with van der Waals surface area (Å²) in [5, 5.41) is 8.40. The zero-order valence-electron chi connectivity index (χ0n) is 11.5. The third-order valence-electron chi connectivity index (χ3n) is 3.22. The molecule has 0 bridgehead atoms. The molecule has 0 fully saturated rings. The summed E-state index contributed by atoms with van der Waals surface area (Å²) >= 11 is 1.38. The maximum absolute atomic E-state index is 13.1. The van der Waals surface area contributed by atoms with Crippen LogP contribution in [-0.4, -0.2) is 10.2 Å². The molecule has 2 N–H and O–H groups in total. The number of hydrogen-bond acceptors (Lipinski definition) is 5. The van der Waals surface area contributed by atoms with E-state index in [0.717, 1.165) is 12.0 Å². The van der Waals surface area contributed by atoms with Crippen molar-refractivity contribution in [3.05, 3.63) is 41.5 Å². The molecule has 0 saturated heterocycles. The second-order valence-corrected chi connectivity index (χ2v) is 5.66. The lowest BCUT2D eigenvalue weighted by Crippen LogP contribution is -2.18. The first-order chi connectivity index (χ1) is 9.60. The molecular weight excluding hydrogens is 277 g/mol. The van der Waals surface area contributed by atoms with Gasteiger partial charge in [0.1, 0.15) is 5.82 Å². The largest absolute Gasteiger partial charge is 0.414 e. The molecule has 2 aromatic rings. The monoisotopic (exact) mass is 295 g/mol. The predicted octanol–water partition coefficient (Wildman–Crippen LogP) is 3.55. The van der Waals surface area contributed by atoms with Crippen molar-refractivity contribution in [2.45, 2.75) is 37.3 Å². The van der Waals surface area contributed by atoms with Gasteiger partial charge in [0.05, 0.1) is 6.04 Å². The zero-order valence-corrected chi connectivity index (χ0v) is 12.4. The molecule has 6 heteroatoms. The van der Waals surface area contributed by atoms with Crippen molar-refractivity contribution in [3.63, 3.8) is 0 Å². The molecule has 0 aliphatic heterocycles. The molecule has 2 atom stereocenters. The lowest BCUT2D eigenvalue weighted by molar-refractivity contribution is 0.333. The smallest absolute Gasteiger partial charge is 0.276 e. The highest BCUT2D eigenvalue weighted by molar-refractivity contribution is 7.98. The lowest BCUT2D eigenvalue weighted by atomic mass is 10.0. The summed E-state index contributed by atoms with van der Waals surface area (Å²) in [5.74, 6) is 1.09. The Labute approximate surface area is 122 Å². The Balaban J connectivity index is 1.96. The lowest BCUT2D eigenvalue weighted by Gasteiger charge is -2.13. The van der Waals surface area contributed by atoms with E-state index >= 15 is 0 Å². The number of thioether (sulfide) groups is 1. The summed E-state index contributed by atoms with van der Waals surface area (Å²) in [7, 11) is 0. The van der Waals surface area contributed by atoms with E-state index < -0.39 is 0 Å². The fourth-order valence-corrected chi connectivity index (χ4v) is 2.40. The van der Waals surface area contributed by atoms with E-state index in [-0.39, 0.29) is 17.8 Å². The summed E-state index contributed by atoms with van der Waals surface area (Å²) in [6.45, 7) is 4.12. The van der Waals surface area contributed by atoms with Gasteiger partial charge in [-0.25, -0.2) is 4.39 Å². The summed E-state index contributed by atoms with van der Waals surface area (Å²) in [6.07, 6.45) is 0.954. The van der Waals surface area contributed by atoms with Gasteiger partial charge in [0.25, 0.3) is 5.22 Å². The number of hydrogen-bond donors (Lipinski definition) is 1. The number of halogens is 1. The third-order valence-corrected chi connectivity index (χ3v) is 4.11. The quantitative estimate of drug-likeness (QED) is 0.826. The fourth-order valence-electron chi connectivity index (χ4n) is 1.68. The van der Waals surface area contributed by atoms with Crippen LogP contribution in [0.1, 0.15) is 37.8 Å². The molecule has 0 aliphatic carbocycles. The molecule has 108 valence electrons. The van der Waals surface area contributed by atoms with Crippen LogP contribution in [0, 0.1) is 11.7 Å². The summed E-state index contributed by atoms with van der Waals surface area (Å²) in [5.41, 5.74) is 6.91. The van der Waals surface area contributed by atoms with Gasteiger partial charge in [-0.15, -0.1) is 10.2 Å². The van der Waals surface area contributed by atoms with Gasteiger partial charge in [-0.3, -0.25) is 0 Å². The molecule has 4 nitrogen and oxygen atoms in total. The highest BCUT2D eigenvalue weighted by atomic mass is 32.2. The van der Waals surface area contributed by atoms with Crippen LogP contribution in [0.3, 0.4) is 0 Å². The van der Waals surface area contributed by atoms with Gasteiger partial charge in [-0.1, -0.05) is 44.2 Å². The van der Waals surface area contributed by atoms with Crippen molar-refractivity contribution in [1.82, 2.24) is 10.2 Å². The Morgan fingerprint density at radius 3 is 2.90 bits per heavy atom. The Morgan fingerprint density at radius 1 is 1.40 bits per heavy atom. The van der Waals surface area contributed by atoms with E-state index in [4.69, 9.17) is 10.2 Å². The molecule has 0 amide bonds. The first-order valence-corrected chi connectivity index (χ1v) is 7.55. The molecule has 1 heterocycles. The fraction of sp³-hybridized carbons (Fsp3) is 0.429. The first-order valence-electron chi connectivity index (χ1n) is 6.56. The Bertz CT molecular complexity index is 561. The average Bonchev–Trinajstić information content (AvgIpc) is 2.92. The van der Waals surface area contributed by atoms with Gasteiger partial charge < -0.3 is 10.2 Å². The Kier molecular flexibility index (Phi) is 5.14. The van der Waals surface area contributed by atoms with Crippen molar-refractivity contribution in [1.29, 1.82) is 0 Å². The van der Waals surface area contributed by atoms with Gasteiger partial charge in [-0.05, 0) is 23.6 Å². The summed E-state index contributed by atoms with van der Waals surface area (Å²) in [4.78, 5) is 0. The Morgan fingerprint density at radius 2 is 2.20 bits per heavy atom.